The number of hydrogen-bond acceptors (Lipinski definition) is 6. The van der Waals surface area contributed by atoms with E-state index in [4.69, 9.17) is 29.9 Å². The van der Waals surface area contributed by atoms with Gasteiger partial charge in [0.2, 0.25) is 0 Å². The first-order valence-electron chi connectivity index (χ1n) is 43.0. The fourth-order valence-electron chi connectivity index (χ4n) is 21.8. The van der Waals surface area contributed by atoms with Gasteiger partial charge in [-0.1, -0.05) is 437 Å². The van der Waals surface area contributed by atoms with Crippen LogP contribution in [0.3, 0.4) is 0 Å². The van der Waals surface area contributed by atoms with Crippen LogP contribution >= 0.6 is 0 Å². The van der Waals surface area contributed by atoms with Gasteiger partial charge in [-0.15, -0.1) is 0 Å². The normalized spacial score (nSPS) is 13.5. The van der Waals surface area contributed by atoms with Crippen molar-refractivity contribution in [2.24, 2.45) is 0 Å². The fourth-order valence-corrected chi connectivity index (χ4v) is 21.8. The molecular weight excluding hydrogens is 1510 g/mol. The van der Waals surface area contributed by atoms with Crippen LogP contribution in [0.5, 0.6) is 0 Å². The first kappa shape index (κ1) is 71.6. The lowest BCUT2D eigenvalue weighted by Gasteiger charge is -2.49. The molecule has 0 bridgehead atoms. The Kier molecular flexibility index (Phi) is 16.3. The lowest BCUT2D eigenvalue weighted by Crippen LogP contribution is -2.43. The highest BCUT2D eigenvalue weighted by molar-refractivity contribution is 6.08. The second kappa shape index (κ2) is 28.4. The molecule has 0 N–H and O–H groups in total. The smallest absolute Gasteiger partial charge is 0.165 e. The van der Waals surface area contributed by atoms with Crippen molar-refractivity contribution in [3.05, 3.63) is 516 Å². The molecule has 0 saturated carbocycles. The fraction of sp³-hybridized carbons (Fsp3) is 0.0252. The number of fused-ring (bicyclic) bond motifs is 21. The van der Waals surface area contributed by atoms with Gasteiger partial charge in [0, 0.05) is 33.4 Å². The summed E-state index contributed by atoms with van der Waals surface area (Å²) in [6.07, 6.45) is 0. The molecule has 2 spiro atoms. The van der Waals surface area contributed by atoms with Crippen LogP contribution in [0.4, 0.5) is 0 Å². The molecule has 19 aromatic carbocycles. The first-order chi connectivity index (χ1) is 62.0. The van der Waals surface area contributed by atoms with Crippen molar-refractivity contribution in [2.75, 3.05) is 0 Å². The van der Waals surface area contributed by atoms with Gasteiger partial charge in [-0.2, -0.15) is 0 Å². The van der Waals surface area contributed by atoms with E-state index in [0.717, 1.165) is 99.4 Å². The van der Waals surface area contributed by atoms with Crippen LogP contribution in [0.2, 0.25) is 0 Å². The Balaban J connectivity index is 0.588. The predicted octanol–water partition coefficient (Wildman–Crippen LogP) is 28.4. The van der Waals surface area contributed by atoms with Gasteiger partial charge in [-0.25, -0.2) is 29.9 Å². The van der Waals surface area contributed by atoms with Crippen molar-refractivity contribution < 1.29 is 0 Å². The van der Waals surface area contributed by atoms with Gasteiger partial charge in [0.1, 0.15) is 0 Å². The molecule has 25 rings (SSSR count). The standard InChI is InChI=1S/C119H74N6/c1-5-33-79(34-6-1)111-120-113(124-115(122-111)109-88-43-15-13-31-77(88)67-70-90(109)85-69-72-105-107(74-85)119(100-53-24-19-47-93(100)94-48-20-25-54-101(94)119)104-57-28-27-56-103(104)118(105)98-51-22-17-45-91(98)92-46-18-23-52-99(92)118)81-63-59-75(60-64-81)83-37-29-38-84(73-83)76-61-65-82(66-62-76)114-121-112(80-35-7-2-8-36-80)123-116(125-114)110-89-44-16-14-32-78(89)68-71-96(110)95-50-30-58-106-108(95)97-49-21-26-55-102(97)117(106,86-39-9-3-10-40-86)87-41-11-4-12-42-87/h1-74H. The third-order valence-corrected chi connectivity index (χ3v) is 27.0. The Morgan fingerprint density at radius 3 is 0.896 bits per heavy atom. The van der Waals surface area contributed by atoms with E-state index in [-0.39, 0.29) is 0 Å². The molecule has 0 unspecified atom stereocenters. The summed E-state index contributed by atoms with van der Waals surface area (Å²) in [4.78, 5) is 33.0. The minimum absolute atomic E-state index is 0.576. The van der Waals surface area contributed by atoms with E-state index >= 15 is 0 Å². The van der Waals surface area contributed by atoms with Crippen LogP contribution < -0.4 is 0 Å². The molecule has 21 aromatic rings. The zero-order valence-corrected chi connectivity index (χ0v) is 67.9. The summed E-state index contributed by atoms with van der Waals surface area (Å²) < 4.78 is 0. The van der Waals surface area contributed by atoms with Crippen LogP contribution in [-0.4, -0.2) is 29.9 Å². The molecule has 0 atom stereocenters. The molecule has 0 radical (unpaired) electrons. The van der Waals surface area contributed by atoms with E-state index in [1.54, 1.807) is 0 Å². The topological polar surface area (TPSA) is 77.3 Å². The predicted molar refractivity (Wildman–Crippen MR) is 508 cm³/mol. The zero-order chi connectivity index (χ0) is 82.3. The largest absolute Gasteiger partial charge is 0.208 e. The number of aromatic nitrogens is 6. The highest BCUT2D eigenvalue weighted by Crippen LogP contribution is 2.68. The van der Waals surface area contributed by atoms with Gasteiger partial charge in [0.15, 0.2) is 34.9 Å². The zero-order valence-electron chi connectivity index (χ0n) is 67.9. The Morgan fingerprint density at radius 2 is 0.432 bits per heavy atom. The molecule has 0 saturated heterocycles. The maximum atomic E-state index is 5.65. The minimum Gasteiger partial charge on any atom is -0.208 e. The molecule has 6 nitrogen and oxygen atoms in total. The van der Waals surface area contributed by atoms with Gasteiger partial charge in [-0.05, 0) is 178 Å². The molecular formula is C119H74N6. The van der Waals surface area contributed by atoms with Crippen LogP contribution in [-0.2, 0) is 16.2 Å². The van der Waals surface area contributed by atoms with Crippen LogP contribution in [0.15, 0.2) is 449 Å². The van der Waals surface area contributed by atoms with Crippen molar-refractivity contribution in [2.45, 2.75) is 16.2 Å². The molecule has 2 heterocycles. The summed E-state index contributed by atoms with van der Waals surface area (Å²) >= 11 is 0. The van der Waals surface area contributed by atoms with Gasteiger partial charge < -0.3 is 0 Å². The van der Waals surface area contributed by atoms with Crippen molar-refractivity contribution in [3.8, 4) is 146 Å². The monoisotopic (exact) mass is 1590 g/mol. The van der Waals surface area contributed by atoms with E-state index in [1.165, 1.54) is 100 Å². The van der Waals surface area contributed by atoms with Crippen molar-refractivity contribution in [1.29, 1.82) is 0 Å². The number of benzene rings is 19. The van der Waals surface area contributed by atoms with Gasteiger partial charge in [0.05, 0.1) is 16.2 Å². The van der Waals surface area contributed by atoms with E-state index < -0.39 is 16.2 Å². The first-order valence-corrected chi connectivity index (χ1v) is 43.0. The van der Waals surface area contributed by atoms with Crippen LogP contribution in [0, 0.1) is 0 Å². The SMILES string of the molecule is c1ccc(-c2nc(-c3ccc(-c4cccc(-c5ccc(-c6nc(-c7ccccc7)nc(-c7c(-c8cccc9c8-c8ccccc8C9(c8ccccc8)c8ccccc8)ccc8ccccc78)n6)cc5)c4)cc3)nc(-c3c(-c4ccc5c(c4)C4(c6ccccc6-c6ccccc64)c4ccccc4C54c5ccccc5-c5ccccc54)ccc4ccccc34)n2)cc1. The van der Waals surface area contributed by atoms with Crippen molar-refractivity contribution >= 4 is 21.5 Å². The molecule has 0 amide bonds. The Hall–Kier alpha value is -16.3. The number of nitrogens with zero attached hydrogens (tertiary/aromatic N) is 6. The molecule has 0 aliphatic heterocycles. The average molecular weight is 1590 g/mol. The third kappa shape index (κ3) is 10.7. The summed E-state index contributed by atoms with van der Waals surface area (Å²) in [5.41, 5.74) is 34.7. The maximum absolute atomic E-state index is 5.65. The Morgan fingerprint density at radius 1 is 0.136 bits per heavy atom. The summed E-state index contributed by atoms with van der Waals surface area (Å²) in [7, 11) is 0. The minimum atomic E-state index is -0.684. The molecule has 4 aliphatic carbocycles. The van der Waals surface area contributed by atoms with E-state index in [0.29, 0.717) is 34.9 Å². The average Bonchev–Trinajstić information content (AvgIpc) is 1.51. The van der Waals surface area contributed by atoms with Gasteiger partial charge >= 0.3 is 0 Å². The van der Waals surface area contributed by atoms with Gasteiger partial charge in [0.25, 0.3) is 0 Å². The Labute approximate surface area is 724 Å². The van der Waals surface area contributed by atoms with E-state index in [9.17, 15) is 0 Å². The van der Waals surface area contributed by atoms with Gasteiger partial charge in [-0.3, -0.25) is 0 Å². The van der Waals surface area contributed by atoms with E-state index in [1.807, 2.05) is 24.3 Å². The second-order valence-electron chi connectivity index (χ2n) is 33.2. The quantitative estimate of drug-likeness (QED) is 0.121. The van der Waals surface area contributed by atoms with Crippen LogP contribution in [0.25, 0.3) is 168 Å². The van der Waals surface area contributed by atoms with Crippen molar-refractivity contribution in [1.82, 2.24) is 29.9 Å². The maximum Gasteiger partial charge on any atom is 0.165 e. The lowest BCUT2D eigenvalue weighted by atomic mass is 9.52. The second-order valence-corrected chi connectivity index (χ2v) is 33.2. The molecule has 6 heteroatoms. The Bertz CT molecular complexity index is 7830. The lowest BCUT2D eigenvalue weighted by molar-refractivity contribution is 0.633. The summed E-state index contributed by atoms with van der Waals surface area (Å²) in [6.45, 7) is 0. The molecule has 2 aromatic heterocycles. The third-order valence-electron chi connectivity index (χ3n) is 27.0. The van der Waals surface area contributed by atoms with E-state index in [2.05, 4.69) is 425 Å². The molecule has 580 valence electrons. The molecule has 4 aliphatic rings. The highest BCUT2D eigenvalue weighted by atomic mass is 15.0. The highest BCUT2D eigenvalue weighted by Gasteiger charge is 2.59. The van der Waals surface area contributed by atoms with Crippen molar-refractivity contribution in [3.63, 3.8) is 0 Å². The summed E-state index contributed by atoms with van der Waals surface area (Å²) in [5.74, 6) is 3.52. The molecule has 0 fully saturated rings. The molecule has 125 heavy (non-hydrogen) atoms. The summed E-state index contributed by atoms with van der Waals surface area (Å²) in [6, 6.07) is 164. The summed E-state index contributed by atoms with van der Waals surface area (Å²) in [5, 5.41) is 4.29. The number of rotatable bonds is 12. The number of hydrogen-bond donors (Lipinski definition) is 0. The van der Waals surface area contributed by atoms with Crippen LogP contribution in [0.1, 0.15) is 66.8 Å².